The quantitative estimate of drug-likeness (QED) is 0.399. The van der Waals surface area contributed by atoms with Crippen LogP contribution in [0.2, 0.25) is 0 Å². The number of hydrazine groups is 1. The Morgan fingerprint density at radius 1 is 0.974 bits per heavy atom. The van der Waals surface area contributed by atoms with Crippen LogP contribution in [0, 0.1) is 5.41 Å². The third-order valence-corrected chi connectivity index (χ3v) is 8.77. The lowest BCUT2D eigenvalue weighted by molar-refractivity contribution is -0.121. The molecular weight excluding hydrogens is 476 g/mol. The van der Waals surface area contributed by atoms with E-state index in [-0.39, 0.29) is 5.91 Å². The summed E-state index contributed by atoms with van der Waals surface area (Å²) in [5.74, 6) is 1.45. The zero-order valence-electron chi connectivity index (χ0n) is 22.4. The first-order chi connectivity index (χ1) is 18.6. The number of carbonyl (C=O) groups excluding carboxylic acids is 1. The van der Waals surface area contributed by atoms with Crippen molar-refractivity contribution in [1.82, 2.24) is 20.7 Å². The molecule has 1 spiro atoms. The topological polar surface area (TPSA) is 79.6 Å². The summed E-state index contributed by atoms with van der Waals surface area (Å²) in [7, 11) is 0. The Kier molecular flexibility index (Phi) is 7.11. The van der Waals surface area contributed by atoms with Crippen molar-refractivity contribution in [3.05, 3.63) is 53.6 Å². The number of amides is 1. The minimum atomic E-state index is -0.0138. The zero-order valence-corrected chi connectivity index (χ0v) is 22.4. The molecule has 2 aliphatic heterocycles. The third kappa shape index (κ3) is 5.30. The average molecular weight is 515 g/mol. The summed E-state index contributed by atoms with van der Waals surface area (Å²) in [6.07, 6.45) is 11.1. The second-order valence-corrected chi connectivity index (χ2v) is 11.2. The van der Waals surface area contributed by atoms with Crippen molar-refractivity contribution in [2.24, 2.45) is 5.41 Å². The van der Waals surface area contributed by atoms with Gasteiger partial charge >= 0.3 is 0 Å². The van der Waals surface area contributed by atoms with Gasteiger partial charge in [-0.05, 0) is 92.6 Å². The van der Waals surface area contributed by atoms with E-state index in [1.165, 1.54) is 58.0 Å². The van der Waals surface area contributed by atoms with Gasteiger partial charge in [0.25, 0.3) is 0 Å². The number of aromatic nitrogens is 1. The van der Waals surface area contributed by atoms with Crippen LogP contribution in [0.1, 0.15) is 70.3 Å². The average Bonchev–Trinajstić information content (AvgIpc) is 3.38. The number of nitrogens with one attached hydrogen (secondary N) is 2. The maximum atomic E-state index is 11.7. The number of carbonyl (C=O) groups is 1. The minimum absolute atomic E-state index is 0.0138. The highest BCUT2D eigenvalue weighted by Crippen LogP contribution is 2.44. The monoisotopic (exact) mass is 514 g/mol. The van der Waals surface area contributed by atoms with Gasteiger partial charge in [0.1, 0.15) is 17.9 Å². The van der Waals surface area contributed by atoms with Crippen LogP contribution < -0.4 is 15.6 Å². The van der Waals surface area contributed by atoms with Gasteiger partial charge < -0.3 is 9.15 Å². The van der Waals surface area contributed by atoms with E-state index >= 15 is 0 Å². The highest BCUT2D eigenvalue weighted by atomic mass is 16.5. The van der Waals surface area contributed by atoms with E-state index in [1.807, 2.05) is 42.5 Å². The minimum Gasteiger partial charge on any atom is -0.492 e. The summed E-state index contributed by atoms with van der Waals surface area (Å²) in [5.41, 5.74) is 11.8. The van der Waals surface area contributed by atoms with Gasteiger partial charge in [-0.2, -0.15) is 0 Å². The summed E-state index contributed by atoms with van der Waals surface area (Å²) >= 11 is 0. The van der Waals surface area contributed by atoms with Gasteiger partial charge in [-0.3, -0.25) is 20.5 Å². The zero-order chi connectivity index (χ0) is 26.0. The first-order valence-electron chi connectivity index (χ1n) is 14.2. The fourth-order valence-corrected chi connectivity index (χ4v) is 6.37. The highest BCUT2D eigenvalue weighted by molar-refractivity contribution is 5.88. The first kappa shape index (κ1) is 25.0. The molecule has 3 aromatic rings. The Hall–Kier alpha value is -3.32. The number of nitrogens with zero attached hydrogens (tertiary/aromatic N) is 2. The second-order valence-electron chi connectivity index (χ2n) is 11.2. The van der Waals surface area contributed by atoms with Crippen molar-refractivity contribution < 1.29 is 13.9 Å². The molecule has 3 aliphatic rings. The lowest BCUT2D eigenvalue weighted by Gasteiger charge is -2.44. The number of hydrogen-bond acceptors (Lipinski definition) is 6. The molecule has 0 bridgehead atoms. The number of rotatable bonds is 7. The second kappa shape index (κ2) is 10.8. The summed E-state index contributed by atoms with van der Waals surface area (Å²) in [5, 5.41) is 0. The normalized spacial score (nSPS) is 20.0. The number of likely N-dealkylation sites (tertiary alicyclic amines) is 1. The summed E-state index contributed by atoms with van der Waals surface area (Å²) in [4.78, 5) is 19.0. The van der Waals surface area contributed by atoms with Gasteiger partial charge in [0.05, 0.1) is 12.1 Å². The summed E-state index contributed by atoms with van der Waals surface area (Å²) < 4.78 is 12.2. The molecular formula is C31H38N4O3. The van der Waals surface area contributed by atoms with Crippen LogP contribution in [0.3, 0.4) is 0 Å². The van der Waals surface area contributed by atoms with Crippen LogP contribution in [0.4, 0.5) is 0 Å². The lowest BCUT2D eigenvalue weighted by Crippen LogP contribution is -2.42. The van der Waals surface area contributed by atoms with Crippen molar-refractivity contribution >= 4 is 22.7 Å². The van der Waals surface area contributed by atoms with Crippen molar-refractivity contribution in [1.29, 1.82) is 0 Å². The molecule has 2 N–H and O–H groups in total. The molecule has 1 amide bonds. The predicted octanol–water partition coefficient (Wildman–Crippen LogP) is 6.07. The Balaban J connectivity index is 1.06. The van der Waals surface area contributed by atoms with Crippen LogP contribution in [-0.2, 0) is 4.79 Å². The SMILES string of the molecule is CCC1=C(c2ccc3nc(-c4ccc(OCCN5CCC6(CCCCC6)CC5)cc4)oc3c2)NNC(=O)C1. The summed E-state index contributed by atoms with van der Waals surface area (Å²) in [6, 6.07) is 14.0. The van der Waals surface area contributed by atoms with Crippen molar-refractivity contribution in [2.75, 3.05) is 26.2 Å². The van der Waals surface area contributed by atoms with Gasteiger partial charge in [0, 0.05) is 17.7 Å². The van der Waals surface area contributed by atoms with E-state index < -0.39 is 0 Å². The molecule has 0 radical (unpaired) electrons. The van der Waals surface area contributed by atoms with E-state index in [0.717, 1.165) is 52.2 Å². The van der Waals surface area contributed by atoms with E-state index in [2.05, 4.69) is 27.7 Å². The largest absolute Gasteiger partial charge is 0.492 e. The number of oxazole rings is 1. The number of piperidine rings is 1. The molecule has 7 nitrogen and oxygen atoms in total. The molecule has 2 aromatic carbocycles. The van der Waals surface area contributed by atoms with Crippen LogP contribution in [0.5, 0.6) is 5.75 Å². The van der Waals surface area contributed by atoms with E-state index in [9.17, 15) is 4.79 Å². The molecule has 3 heterocycles. The fraction of sp³-hybridized carbons (Fsp3) is 0.484. The van der Waals surface area contributed by atoms with E-state index in [4.69, 9.17) is 9.15 Å². The number of ether oxygens (including phenoxy) is 1. The Morgan fingerprint density at radius 2 is 1.74 bits per heavy atom. The van der Waals surface area contributed by atoms with Crippen molar-refractivity contribution in [3.8, 4) is 17.2 Å². The Labute approximate surface area is 224 Å². The molecule has 7 heteroatoms. The van der Waals surface area contributed by atoms with Gasteiger partial charge in [0.2, 0.25) is 11.8 Å². The standard InChI is InChI=1S/C31H38N4O3/c1-2-22-21-28(36)33-34-29(22)24-8-11-26-27(20-24)38-30(32-26)23-6-9-25(10-7-23)37-19-18-35-16-14-31(15-17-35)12-4-3-5-13-31/h6-11,20,34H,2-5,12-19,21H2,1H3,(H,33,36). The first-order valence-corrected chi connectivity index (χ1v) is 14.2. The van der Waals surface area contributed by atoms with Gasteiger partial charge in [-0.1, -0.05) is 32.3 Å². The molecule has 2 fully saturated rings. The molecule has 1 aliphatic carbocycles. The van der Waals surface area contributed by atoms with Crippen molar-refractivity contribution in [3.63, 3.8) is 0 Å². The maximum absolute atomic E-state index is 11.7. The Bertz CT molecular complexity index is 1310. The van der Waals surface area contributed by atoms with Crippen LogP contribution >= 0.6 is 0 Å². The van der Waals surface area contributed by atoms with Gasteiger partial charge in [0.15, 0.2) is 5.58 Å². The third-order valence-electron chi connectivity index (χ3n) is 8.77. The molecule has 38 heavy (non-hydrogen) atoms. The molecule has 200 valence electrons. The fourth-order valence-electron chi connectivity index (χ4n) is 6.37. The van der Waals surface area contributed by atoms with Crippen LogP contribution in [0.15, 0.2) is 52.5 Å². The van der Waals surface area contributed by atoms with E-state index in [1.54, 1.807) is 0 Å². The predicted molar refractivity (Wildman–Crippen MR) is 149 cm³/mol. The van der Waals surface area contributed by atoms with Crippen molar-refractivity contribution in [2.45, 2.75) is 64.7 Å². The lowest BCUT2D eigenvalue weighted by atomic mass is 9.68. The molecule has 0 atom stereocenters. The highest BCUT2D eigenvalue weighted by Gasteiger charge is 2.35. The molecule has 1 saturated carbocycles. The maximum Gasteiger partial charge on any atom is 0.242 e. The number of fused-ring (bicyclic) bond motifs is 1. The number of hydrogen-bond donors (Lipinski definition) is 2. The molecule has 6 rings (SSSR count). The molecule has 1 aromatic heterocycles. The van der Waals surface area contributed by atoms with Crippen LogP contribution in [-0.4, -0.2) is 42.0 Å². The smallest absolute Gasteiger partial charge is 0.242 e. The van der Waals surface area contributed by atoms with Gasteiger partial charge in [-0.25, -0.2) is 4.98 Å². The van der Waals surface area contributed by atoms with Crippen LogP contribution in [0.25, 0.3) is 28.3 Å². The summed E-state index contributed by atoms with van der Waals surface area (Å²) in [6.45, 7) is 6.18. The van der Waals surface area contributed by atoms with E-state index in [0.29, 0.717) is 24.3 Å². The number of benzene rings is 2. The van der Waals surface area contributed by atoms with Gasteiger partial charge in [-0.15, -0.1) is 0 Å². The Morgan fingerprint density at radius 3 is 2.50 bits per heavy atom. The molecule has 1 saturated heterocycles. The molecule has 0 unspecified atom stereocenters.